The Morgan fingerprint density at radius 2 is 1.77 bits per heavy atom. The Bertz CT molecular complexity index is 887. The summed E-state index contributed by atoms with van der Waals surface area (Å²) in [5.41, 5.74) is 0.552. The Labute approximate surface area is 173 Å². The molecule has 1 saturated heterocycles. The number of benzene rings is 2. The average molecular weight is 419 g/mol. The minimum absolute atomic E-state index is 0.146. The van der Waals surface area contributed by atoms with Gasteiger partial charge in [0.1, 0.15) is 0 Å². The van der Waals surface area contributed by atoms with Gasteiger partial charge in [0.15, 0.2) is 0 Å². The fraction of sp³-hybridized carbons (Fsp3) is 0.364. The maximum Gasteiger partial charge on any atom is 0.416 e. The topological polar surface area (TPSA) is 61.4 Å². The SMILES string of the molecule is CCNC(=O)N1C[C@H](C(=O)NCc2ccccc2)[C@H](c2cccc(C(F)(F)F)c2)C1. The number of carbonyl (C=O) groups is 2. The first-order valence-corrected chi connectivity index (χ1v) is 9.81. The molecule has 30 heavy (non-hydrogen) atoms. The summed E-state index contributed by atoms with van der Waals surface area (Å²) in [6.45, 7) is 2.84. The van der Waals surface area contributed by atoms with Crippen LogP contribution in [0.5, 0.6) is 0 Å². The van der Waals surface area contributed by atoms with Gasteiger partial charge in [0, 0.05) is 32.1 Å². The molecule has 0 radical (unpaired) electrons. The molecular formula is C22H24F3N3O2. The largest absolute Gasteiger partial charge is 0.416 e. The van der Waals surface area contributed by atoms with Crippen LogP contribution < -0.4 is 10.6 Å². The van der Waals surface area contributed by atoms with Crippen molar-refractivity contribution in [3.63, 3.8) is 0 Å². The second kappa shape index (κ2) is 9.19. The first kappa shape index (κ1) is 21.7. The van der Waals surface area contributed by atoms with E-state index in [0.717, 1.165) is 17.7 Å². The quantitative estimate of drug-likeness (QED) is 0.775. The lowest BCUT2D eigenvalue weighted by Crippen LogP contribution is -2.39. The van der Waals surface area contributed by atoms with E-state index in [2.05, 4.69) is 10.6 Å². The number of rotatable bonds is 5. The van der Waals surface area contributed by atoms with Crippen molar-refractivity contribution in [2.45, 2.75) is 25.6 Å². The first-order valence-electron chi connectivity index (χ1n) is 9.81. The number of nitrogens with one attached hydrogen (secondary N) is 2. The molecular weight excluding hydrogens is 395 g/mol. The van der Waals surface area contributed by atoms with Crippen molar-refractivity contribution >= 4 is 11.9 Å². The van der Waals surface area contributed by atoms with E-state index in [0.29, 0.717) is 18.7 Å². The lowest BCUT2D eigenvalue weighted by molar-refractivity contribution is -0.137. The van der Waals surface area contributed by atoms with Crippen LogP contribution in [0, 0.1) is 5.92 Å². The van der Waals surface area contributed by atoms with Crippen LogP contribution >= 0.6 is 0 Å². The molecule has 0 aromatic heterocycles. The summed E-state index contributed by atoms with van der Waals surface area (Å²) in [5, 5.41) is 5.55. The van der Waals surface area contributed by atoms with E-state index in [9.17, 15) is 22.8 Å². The highest BCUT2D eigenvalue weighted by molar-refractivity contribution is 5.83. The first-order chi connectivity index (χ1) is 14.3. The number of hydrogen-bond acceptors (Lipinski definition) is 2. The second-order valence-electron chi connectivity index (χ2n) is 7.28. The van der Waals surface area contributed by atoms with Crippen LogP contribution in [0.3, 0.4) is 0 Å². The molecule has 1 fully saturated rings. The van der Waals surface area contributed by atoms with E-state index < -0.39 is 23.6 Å². The molecule has 0 aliphatic carbocycles. The molecule has 2 aromatic rings. The zero-order valence-corrected chi connectivity index (χ0v) is 16.6. The van der Waals surface area contributed by atoms with Crippen molar-refractivity contribution in [1.82, 2.24) is 15.5 Å². The number of amides is 3. The number of hydrogen-bond donors (Lipinski definition) is 2. The Hall–Kier alpha value is -3.03. The minimum atomic E-state index is -4.47. The van der Waals surface area contributed by atoms with E-state index in [4.69, 9.17) is 0 Å². The summed E-state index contributed by atoms with van der Waals surface area (Å²) in [5.74, 6) is -1.45. The number of halogens is 3. The molecule has 0 bridgehead atoms. The minimum Gasteiger partial charge on any atom is -0.352 e. The van der Waals surface area contributed by atoms with Gasteiger partial charge in [0.25, 0.3) is 0 Å². The van der Waals surface area contributed by atoms with Gasteiger partial charge >= 0.3 is 12.2 Å². The molecule has 3 rings (SSSR count). The standard InChI is InChI=1S/C22H24F3N3O2/c1-2-26-21(30)28-13-18(16-9-6-10-17(11-16)22(23,24)25)19(14-28)20(29)27-12-15-7-4-3-5-8-15/h3-11,18-19H,2,12-14H2,1H3,(H,26,30)(H,27,29)/t18-,19-/m0/s1. The molecule has 8 heteroatoms. The highest BCUT2D eigenvalue weighted by Crippen LogP contribution is 2.36. The third-order valence-electron chi connectivity index (χ3n) is 5.22. The normalized spacial score (nSPS) is 18.9. The van der Waals surface area contributed by atoms with E-state index in [1.807, 2.05) is 30.3 Å². The monoisotopic (exact) mass is 419 g/mol. The Balaban J connectivity index is 1.82. The summed E-state index contributed by atoms with van der Waals surface area (Å²) in [6, 6.07) is 14.0. The fourth-order valence-corrected chi connectivity index (χ4v) is 3.70. The van der Waals surface area contributed by atoms with Gasteiger partial charge in [-0.15, -0.1) is 0 Å². The average Bonchev–Trinajstić information content (AvgIpc) is 3.18. The van der Waals surface area contributed by atoms with Crippen LogP contribution in [0.1, 0.15) is 29.5 Å². The van der Waals surface area contributed by atoms with Gasteiger partial charge in [0.05, 0.1) is 11.5 Å². The van der Waals surface area contributed by atoms with Crippen LogP contribution in [0.4, 0.5) is 18.0 Å². The zero-order chi connectivity index (χ0) is 21.7. The maximum atomic E-state index is 13.2. The van der Waals surface area contributed by atoms with Crippen LogP contribution in [0.2, 0.25) is 0 Å². The molecule has 1 heterocycles. The molecule has 1 aliphatic rings. The number of likely N-dealkylation sites (tertiary alicyclic amines) is 1. The molecule has 2 aromatic carbocycles. The number of alkyl halides is 3. The van der Waals surface area contributed by atoms with Crippen LogP contribution in [-0.4, -0.2) is 36.5 Å². The Morgan fingerprint density at radius 1 is 1.03 bits per heavy atom. The zero-order valence-electron chi connectivity index (χ0n) is 16.6. The van der Waals surface area contributed by atoms with Crippen LogP contribution in [0.15, 0.2) is 54.6 Å². The van der Waals surface area contributed by atoms with Gasteiger partial charge in [-0.3, -0.25) is 4.79 Å². The summed E-state index contributed by atoms with van der Waals surface area (Å²) in [6.07, 6.45) is -4.47. The van der Waals surface area contributed by atoms with E-state index >= 15 is 0 Å². The van der Waals surface area contributed by atoms with Crippen molar-refractivity contribution in [3.05, 3.63) is 71.3 Å². The molecule has 0 unspecified atom stereocenters. The highest BCUT2D eigenvalue weighted by atomic mass is 19.4. The van der Waals surface area contributed by atoms with Crippen LogP contribution in [0.25, 0.3) is 0 Å². The summed E-state index contributed by atoms with van der Waals surface area (Å²) >= 11 is 0. The van der Waals surface area contributed by atoms with Gasteiger partial charge < -0.3 is 15.5 Å². The van der Waals surface area contributed by atoms with Gasteiger partial charge in [-0.2, -0.15) is 13.2 Å². The van der Waals surface area contributed by atoms with Crippen LogP contribution in [-0.2, 0) is 17.5 Å². The van der Waals surface area contributed by atoms with Crippen molar-refractivity contribution in [1.29, 1.82) is 0 Å². The molecule has 5 nitrogen and oxygen atoms in total. The molecule has 2 N–H and O–H groups in total. The highest BCUT2D eigenvalue weighted by Gasteiger charge is 2.41. The molecule has 160 valence electrons. The van der Waals surface area contributed by atoms with E-state index in [1.165, 1.54) is 11.0 Å². The third-order valence-corrected chi connectivity index (χ3v) is 5.22. The van der Waals surface area contributed by atoms with Gasteiger partial charge in [-0.05, 0) is 24.1 Å². The Kier molecular flexibility index (Phi) is 6.64. The van der Waals surface area contributed by atoms with Gasteiger partial charge in [-0.25, -0.2) is 4.79 Å². The maximum absolute atomic E-state index is 13.2. The molecule has 1 aliphatic heterocycles. The predicted octanol–water partition coefficient (Wildman–Crippen LogP) is 3.77. The third kappa shape index (κ3) is 5.11. The van der Waals surface area contributed by atoms with Gasteiger partial charge in [0.2, 0.25) is 5.91 Å². The van der Waals surface area contributed by atoms with E-state index in [1.54, 1.807) is 13.0 Å². The molecule has 0 spiro atoms. The lowest BCUT2D eigenvalue weighted by atomic mass is 9.87. The van der Waals surface area contributed by atoms with Crippen molar-refractivity contribution in [2.24, 2.45) is 5.92 Å². The fourth-order valence-electron chi connectivity index (χ4n) is 3.70. The second-order valence-corrected chi connectivity index (χ2v) is 7.28. The smallest absolute Gasteiger partial charge is 0.352 e. The molecule has 2 atom stereocenters. The number of carbonyl (C=O) groups excluding carboxylic acids is 2. The molecule has 0 saturated carbocycles. The number of urea groups is 1. The summed E-state index contributed by atoms with van der Waals surface area (Å²) in [4.78, 5) is 26.7. The van der Waals surface area contributed by atoms with Crippen molar-refractivity contribution < 1.29 is 22.8 Å². The predicted molar refractivity (Wildman–Crippen MR) is 107 cm³/mol. The summed E-state index contributed by atoms with van der Waals surface area (Å²) in [7, 11) is 0. The lowest BCUT2D eigenvalue weighted by Gasteiger charge is -2.19. The molecule has 3 amide bonds. The summed E-state index contributed by atoms with van der Waals surface area (Å²) < 4.78 is 39.5. The van der Waals surface area contributed by atoms with Crippen molar-refractivity contribution in [3.8, 4) is 0 Å². The van der Waals surface area contributed by atoms with E-state index in [-0.39, 0.29) is 25.0 Å². The number of nitrogens with zero attached hydrogens (tertiary/aromatic N) is 1. The van der Waals surface area contributed by atoms with Gasteiger partial charge in [-0.1, -0.05) is 48.5 Å². The Morgan fingerprint density at radius 3 is 2.43 bits per heavy atom. The van der Waals surface area contributed by atoms with Crippen molar-refractivity contribution in [2.75, 3.05) is 19.6 Å².